The van der Waals surface area contributed by atoms with Gasteiger partial charge in [-0.2, -0.15) is 0 Å². The number of rotatable bonds is 2. The topological polar surface area (TPSA) is 65.7 Å². The van der Waals surface area contributed by atoms with Crippen LogP contribution >= 0.6 is 24.8 Å². The molecule has 0 radical (unpaired) electrons. The average Bonchev–Trinajstić information content (AvgIpc) is 2.25. The highest BCUT2D eigenvalue weighted by Crippen LogP contribution is 2.07. The molecule has 1 aliphatic heterocycles. The fourth-order valence-corrected chi connectivity index (χ4v) is 1.62. The number of piperazine rings is 1. The van der Waals surface area contributed by atoms with E-state index < -0.39 is 0 Å². The Bertz CT molecular complexity index is 391. The second-order valence-corrected chi connectivity index (χ2v) is 3.62. The lowest BCUT2D eigenvalue weighted by Crippen LogP contribution is -2.42. The molecule has 98 valence electrons. The molecule has 0 aliphatic carbocycles. The van der Waals surface area contributed by atoms with Crippen molar-refractivity contribution in [3.05, 3.63) is 28.3 Å². The summed E-state index contributed by atoms with van der Waals surface area (Å²) in [7, 11) is 0. The van der Waals surface area contributed by atoms with Gasteiger partial charge in [-0.15, -0.1) is 24.8 Å². The first kappa shape index (κ1) is 16.2. The van der Waals surface area contributed by atoms with Crippen LogP contribution in [-0.2, 0) is 6.54 Å². The van der Waals surface area contributed by atoms with Crippen LogP contribution in [0.15, 0.2) is 21.5 Å². The van der Waals surface area contributed by atoms with Crippen LogP contribution in [0.2, 0.25) is 0 Å². The summed E-state index contributed by atoms with van der Waals surface area (Å²) in [5.41, 5.74) is -0.383. The summed E-state index contributed by atoms with van der Waals surface area (Å²) in [6, 6.07) is 1.34. The van der Waals surface area contributed by atoms with Gasteiger partial charge in [0.15, 0.2) is 5.75 Å². The Hall–Kier alpha value is -0.750. The predicted octanol–water partition coefficient (Wildman–Crippen LogP) is 0.594. The van der Waals surface area contributed by atoms with E-state index >= 15 is 0 Å². The van der Waals surface area contributed by atoms with Gasteiger partial charge in [0.1, 0.15) is 12.0 Å². The van der Waals surface area contributed by atoms with E-state index in [4.69, 9.17) is 9.52 Å². The lowest BCUT2D eigenvalue weighted by molar-refractivity contribution is 0.213. The smallest absolute Gasteiger partial charge is 0.226 e. The zero-order chi connectivity index (χ0) is 10.7. The maximum absolute atomic E-state index is 11.1. The minimum atomic E-state index is -0.383. The van der Waals surface area contributed by atoms with Gasteiger partial charge in [-0.25, -0.2) is 0 Å². The molecule has 0 amide bonds. The molecule has 0 aromatic carbocycles. The monoisotopic (exact) mass is 282 g/mol. The van der Waals surface area contributed by atoms with E-state index in [0.717, 1.165) is 32.4 Å². The van der Waals surface area contributed by atoms with Crippen molar-refractivity contribution < 1.29 is 9.52 Å². The second-order valence-electron chi connectivity index (χ2n) is 3.62. The van der Waals surface area contributed by atoms with Gasteiger partial charge in [-0.05, 0) is 0 Å². The highest BCUT2D eigenvalue weighted by Gasteiger charge is 2.11. The van der Waals surface area contributed by atoms with Crippen molar-refractivity contribution in [2.45, 2.75) is 6.54 Å². The standard InChI is InChI=1S/C10H14N2O3.2ClH/c13-9-5-8(15-7-10(9)14)6-12-3-1-11-2-4-12;;/h5,7,11,14H,1-4,6H2;2*1H. The van der Waals surface area contributed by atoms with Gasteiger partial charge < -0.3 is 14.8 Å². The summed E-state index contributed by atoms with van der Waals surface area (Å²) < 4.78 is 5.13. The average molecular weight is 283 g/mol. The molecule has 1 aromatic rings. The van der Waals surface area contributed by atoms with Gasteiger partial charge >= 0.3 is 0 Å². The number of nitrogens with one attached hydrogen (secondary N) is 1. The Kier molecular flexibility index (Phi) is 7.22. The first-order valence-electron chi connectivity index (χ1n) is 4.99. The third-order valence-corrected chi connectivity index (χ3v) is 2.46. The molecule has 0 saturated carbocycles. The lowest BCUT2D eigenvalue weighted by atomic mass is 10.3. The van der Waals surface area contributed by atoms with E-state index in [2.05, 4.69) is 10.2 Å². The Morgan fingerprint density at radius 2 is 2.00 bits per heavy atom. The molecule has 2 N–H and O–H groups in total. The van der Waals surface area contributed by atoms with Gasteiger partial charge in [-0.1, -0.05) is 0 Å². The van der Waals surface area contributed by atoms with Crippen LogP contribution in [0.25, 0.3) is 0 Å². The molecule has 17 heavy (non-hydrogen) atoms. The Morgan fingerprint density at radius 1 is 1.35 bits per heavy atom. The van der Waals surface area contributed by atoms with Gasteiger partial charge in [0.2, 0.25) is 5.43 Å². The summed E-state index contributed by atoms with van der Waals surface area (Å²) in [4.78, 5) is 13.3. The van der Waals surface area contributed by atoms with Crippen molar-refractivity contribution in [3.63, 3.8) is 0 Å². The van der Waals surface area contributed by atoms with E-state index in [-0.39, 0.29) is 36.0 Å². The number of hydrogen-bond acceptors (Lipinski definition) is 5. The predicted molar refractivity (Wildman–Crippen MR) is 69.3 cm³/mol. The molecule has 0 atom stereocenters. The van der Waals surface area contributed by atoms with Gasteiger partial charge in [-0.3, -0.25) is 9.69 Å². The Morgan fingerprint density at radius 3 is 2.59 bits per heavy atom. The summed E-state index contributed by atoms with van der Waals surface area (Å²) in [6.07, 6.45) is 1.10. The van der Waals surface area contributed by atoms with E-state index in [1.165, 1.54) is 6.07 Å². The molecule has 1 aromatic heterocycles. The van der Waals surface area contributed by atoms with Gasteiger partial charge in [0.25, 0.3) is 0 Å². The molecule has 2 rings (SSSR count). The van der Waals surface area contributed by atoms with Crippen molar-refractivity contribution in [3.8, 4) is 5.75 Å². The fourth-order valence-electron chi connectivity index (χ4n) is 1.62. The van der Waals surface area contributed by atoms with Crippen LogP contribution in [0, 0.1) is 0 Å². The zero-order valence-electron chi connectivity index (χ0n) is 9.22. The van der Waals surface area contributed by atoms with Gasteiger partial charge in [0, 0.05) is 32.2 Å². The molecule has 0 spiro atoms. The first-order valence-corrected chi connectivity index (χ1v) is 4.99. The minimum Gasteiger partial charge on any atom is -0.502 e. The van der Waals surface area contributed by atoms with E-state index in [1.54, 1.807) is 0 Å². The largest absolute Gasteiger partial charge is 0.502 e. The number of aromatic hydroxyl groups is 1. The SMILES string of the molecule is Cl.Cl.O=c1cc(CN2CCNCC2)occ1O. The maximum atomic E-state index is 11.1. The normalized spacial score (nSPS) is 15.8. The van der Waals surface area contributed by atoms with E-state index in [9.17, 15) is 4.79 Å². The van der Waals surface area contributed by atoms with Crippen molar-refractivity contribution in [2.24, 2.45) is 0 Å². The number of hydrogen-bond donors (Lipinski definition) is 2. The lowest BCUT2D eigenvalue weighted by Gasteiger charge is -2.26. The molecule has 0 unspecified atom stereocenters. The van der Waals surface area contributed by atoms with Gasteiger partial charge in [0.05, 0.1) is 6.54 Å². The van der Waals surface area contributed by atoms with Crippen molar-refractivity contribution >= 4 is 24.8 Å². The third kappa shape index (κ3) is 4.55. The molecule has 7 heteroatoms. The Labute approximate surface area is 112 Å². The van der Waals surface area contributed by atoms with E-state index in [0.29, 0.717) is 12.3 Å². The molecule has 0 bridgehead atoms. The van der Waals surface area contributed by atoms with Crippen molar-refractivity contribution in [1.29, 1.82) is 0 Å². The molecule has 1 fully saturated rings. The third-order valence-electron chi connectivity index (χ3n) is 2.46. The van der Waals surface area contributed by atoms with Crippen LogP contribution in [0.3, 0.4) is 0 Å². The van der Waals surface area contributed by atoms with E-state index in [1.807, 2.05) is 0 Å². The molecular weight excluding hydrogens is 267 g/mol. The first-order chi connectivity index (χ1) is 7.25. The summed E-state index contributed by atoms with van der Waals surface area (Å²) in [6.45, 7) is 4.44. The van der Waals surface area contributed by atoms with Crippen LogP contribution in [0.5, 0.6) is 5.75 Å². The van der Waals surface area contributed by atoms with Crippen LogP contribution in [-0.4, -0.2) is 36.2 Å². The summed E-state index contributed by atoms with van der Waals surface area (Å²) in [5, 5.41) is 12.3. The van der Waals surface area contributed by atoms with Crippen LogP contribution < -0.4 is 10.7 Å². The summed E-state index contributed by atoms with van der Waals surface area (Å²) in [5.74, 6) is 0.263. The van der Waals surface area contributed by atoms with Crippen LogP contribution in [0.4, 0.5) is 0 Å². The summed E-state index contributed by atoms with van der Waals surface area (Å²) >= 11 is 0. The number of nitrogens with zero attached hydrogens (tertiary/aromatic N) is 1. The van der Waals surface area contributed by atoms with Crippen LogP contribution in [0.1, 0.15) is 5.76 Å². The zero-order valence-corrected chi connectivity index (χ0v) is 10.9. The molecule has 5 nitrogen and oxygen atoms in total. The molecule has 1 aliphatic rings. The van der Waals surface area contributed by atoms with Crippen molar-refractivity contribution in [2.75, 3.05) is 26.2 Å². The van der Waals surface area contributed by atoms with Crippen molar-refractivity contribution in [1.82, 2.24) is 10.2 Å². The number of halogens is 2. The molecule has 2 heterocycles. The highest BCUT2D eigenvalue weighted by atomic mass is 35.5. The Balaban J connectivity index is 0.00000128. The quantitative estimate of drug-likeness (QED) is 0.832. The maximum Gasteiger partial charge on any atom is 0.226 e. The highest BCUT2D eigenvalue weighted by molar-refractivity contribution is 5.85. The molecule has 1 saturated heterocycles. The molecular formula is C10H16Cl2N2O3. The second kappa shape index (κ2) is 7.55. The minimum absolute atomic E-state index is 0. The fraction of sp³-hybridized carbons (Fsp3) is 0.500.